The fourth-order valence-electron chi connectivity index (χ4n) is 17.1. The molecule has 0 aromatic heterocycles. The Morgan fingerprint density at radius 3 is 1.45 bits per heavy atom. The zero-order chi connectivity index (χ0) is 67.9. The van der Waals surface area contributed by atoms with Crippen molar-refractivity contribution in [3.05, 3.63) is 0 Å². The van der Waals surface area contributed by atoms with Gasteiger partial charge in [-0.15, -0.1) is 0 Å². The molecule has 7 unspecified atom stereocenters. The predicted octanol–water partition coefficient (Wildman–Crippen LogP) is 16.6. The van der Waals surface area contributed by atoms with Gasteiger partial charge < -0.3 is 38.3 Å². The lowest BCUT2D eigenvalue weighted by atomic mass is 9.47. The fraction of sp³-hybridized carbons (Fsp3) is 0.908. The summed E-state index contributed by atoms with van der Waals surface area (Å²) >= 11 is 0. The second kappa shape index (κ2) is 30.5. The van der Waals surface area contributed by atoms with E-state index < -0.39 is 34.5 Å². The first-order valence-corrected chi connectivity index (χ1v) is 36.5. The van der Waals surface area contributed by atoms with Gasteiger partial charge in [0.1, 0.15) is 29.0 Å². The molecule has 2 saturated heterocycles. The van der Waals surface area contributed by atoms with Crippen molar-refractivity contribution in [2.24, 2.45) is 86.3 Å². The maximum atomic E-state index is 12.8. The Balaban J connectivity index is 0.000000184. The van der Waals surface area contributed by atoms with Crippen LogP contribution in [0.25, 0.3) is 0 Å². The molecular formula is C76H128O15. The van der Waals surface area contributed by atoms with E-state index >= 15 is 0 Å². The molecule has 1 N–H and O–H groups in total. The third kappa shape index (κ3) is 18.4. The van der Waals surface area contributed by atoms with E-state index in [1.54, 1.807) is 13.8 Å². The van der Waals surface area contributed by atoms with Crippen molar-refractivity contribution >= 4 is 41.8 Å². The average molecular weight is 1280 g/mol. The number of hydrogen-bond acceptors (Lipinski definition) is 15. The first kappa shape index (κ1) is 76.3. The van der Waals surface area contributed by atoms with Crippen LogP contribution in [-0.2, 0) is 66.7 Å². The Hall–Kier alpha value is -3.75. The summed E-state index contributed by atoms with van der Waals surface area (Å²) in [6.45, 7) is 38.2. The zero-order valence-corrected chi connectivity index (χ0v) is 60.6. The first-order chi connectivity index (χ1) is 42.3. The molecule has 0 spiro atoms. The lowest BCUT2D eigenvalue weighted by Crippen LogP contribution is -2.63. The van der Waals surface area contributed by atoms with Crippen molar-refractivity contribution in [3.8, 4) is 0 Å². The van der Waals surface area contributed by atoms with Crippen molar-refractivity contribution in [1.82, 2.24) is 0 Å². The van der Waals surface area contributed by atoms with E-state index in [4.69, 9.17) is 33.2 Å². The normalized spacial score (nSPS) is 32.8. The van der Waals surface area contributed by atoms with Gasteiger partial charge in [-0.1, -0.05) is 68.7 Å². The maximum Gasteiger partial charge on any atom is 0.344 e. The lowest BCUT2D eigenvalue weighted by Gasteiger charge is -2.62. The molecular weight excluding hydrogens is 1150 g/mol. The highest BCUT2D eigenvalue weighted by molar-refractivity contribution is 5.80. The van der Waals surface area contributed by atoms with E-state index in [-0.39, 0.29) is 87.4 Å². The molecule has 0 radical (unpaired) electrons. The zero-order valence-electron chi connectivity index (χ0n) is 60.6. The van der Waals surface area contributed by atoms with E-state index in [0.29, 0.717) is 55.0 Å². The van der Waals surface area contributed by atoms with Gasteiger partial charge in [0.25, 0.3) is 0 Å². The topological polar surface area (TPSA) is 204 Å². The van der Waals surface area contributed by atoms with Gasteiger partial charge >= 0.3 is 41.8 Å². The Morgan fingerprint density at radius 1 is 0.538 bits per heavy atom. The van der Waals surface area contributed by atoms with Gasteiger partial charge in [0.05, 0.1) is 45.2 Å². The second-order valence-corrected chi connectivity index (χ2v) is 34.0. The third-order valence-corrected chi connectivity index (χ3v) is 24.7. The Kier molecular flexibility index (Phi) is 25.6. The summed E-state index contributed by atoms with van der Waals surface area (Å²) in [4.78, 5) is 84.6. The average Bonchev–Trinajstić information content (AvgIpc) is 1.38. The number of carbonyl (C=O) groups excluding carboxylic acids is 7. The minimum absolute atomic E-state index is 0.0197. The van der Waals surface area contributed by atoms with Crippen LogP contribution in [0.5, 0.6) is 0 Å². The SMILES string of the molecule is CCC(C)(C)C(=O)OC1(C(C)C)C2CC3CC(C2)CC1C3.CCC(C)(C)C(=O)OC12CC3CC(CC(O)(C3)C1)C2.CCC(C)(C)C(=O)OCC(=O)OC1C2CC3CC(C2)C(=O)OC1C3.CCC1(OC(=O)C(C)(C)CC)CCCC1.CCCCOC(=O)C(C)(C)CC. The number of ether oxygens (including phenoxy) is 7. The Labute approximate surface area is 550 Å². The van der Waals surface area contributed by atoms with E-state index in [9.17, 15) is 38.7 Å². The maximum absolute atomic E-state index is 12.8. The third-order valence-electron chi connectivity index (χ3n) is 24.7. The van der Waals surface area contributed by atoms with Crippen LogP contribution < -0.4 is 0 Å². The Bertz CT molecular complexity index is 2430. The molecule has 522 valence electrons. The molecule has 7 atom stereocenters. The molecule has 13 aliphatic rings. The monoisotopic (exact) mass is 1280 g/mol. The number of unbranched alkanes of at least 4 members (excludes halogenated alkanes) is 1. The summed E-state index contributed by atoms with van der Waals surface area (Å²) in [5.41, 5.74) is -3.24. The number of rotatable bonds is 21. The van der Waals surface area contributed by atoms with Crippen LogP contribution in [0.1, 0.15) is 305 Å². The molecule has 0 aromatic rings. The molecule has 11 aliphatic carbocycles. The van der Waals surface area contributed by atoms with Crippen molar-refractivity contribution in [2.45, 2.75) is 340 Å². The quantitative estimate of drug-likeness (QED) is 0.0645. The number of carbonyl (C=O) groups is 7. The van der Waals surface area contributed by atoms with E-state index in [2.05, 4.69) is 34.6 Å². The molecule has 12 bridgehead atoms. The van der Waals surface area contributed by atoms with E-state index in [1.165, 1.54) is 51.4 Å². The number of esters is 7. The molecule has 0 aromatic carbocycles. The van der Waals surface area contributed by atoms with Gasteiger partial charge in [0.2, 0.25) is 0 Å². The van der Waals surface area contributed by atoms with Crippen molar-refractivity contribution < 1.29 is 71.8 Å². The summed E-state index contributed by atoms with van der Waals surface area (Å²) < 4.78 is 39.4. The lowest BCUT2D eigenvalue weighted by molar-refractivity contribution is -0.231. The molecule has 91 heavy (non-hydrogen) atoms. The van der Waals surface area contributed by atoms with Crippen LogP contribution in [0.2, 0.25) is 0 Å². The van der Waals surface area contributed by atoms with Crippen LogP contribution in [-0.4, -0.2) is 94.7 Å². The highest BCUT2D eigenvalue weighted by Crippen LogP contribution is 2.63. The molecule has 11 saturated carbocycles. The van der Waals surface area contributed by atoms with Crippen LogP contribution in [0.3, 0.4) is 0 Å². The minimum atomic E-state index is -0.615. The van der Waals surface area contributed by atoms with Gasteiger partial charge in [-0.3, -0.25) is 28.8 Å². The van der Waals surface area contributed by atoms with Gasteiger partial charge in [-0.05, 0) is 277 Å². The predicted molar refractivity (Wildman–Crippen MR) is 353 cm³/mol. The number of aliphatic hydroxyl groups is 1. The first-order valence-electron chi connectivity index (χ1n) is 36.5. The number of hydrogen-bond donors (Lipinski definition) is 1. The molecule has 2 aliphatic heterocycles. The summed E-state index contributed by atoms with van der Waals surface area (Å²) in [6.07, 6.45) is 26.3. The van der Waals surface area contributed by atoms with Crippen molar-refractivity contribution in [1.29, 1.82) is 0 Å². The molecule has 0 amide bonds. The fourth-order valence-corrected chi connectivity index (χ4v) is 17.1. The van der Waals surface area contributed by atoms with Crippen molar-refractivity contribution in [2.75, 3.05) is 13.2 Å². The summed E-state index contributed by atoms with van der Waals surface area (Å²) in [6, 6.07) is 0. The summed E-state index contributed by atoms with van der Waals surface area (Å²) in [5, 5.41) is 10.6. The summed E-state index contributed by atoms with van der Waals surface area (Å²) in [5.74, 6) is 3.96. The largest absolute Gasteiger partial charge is 0.465 e. The summed E-state index contributed by atoms with van der Waals surface area (Å²) in [7, 11) is 0. The van der Waals surface area contributed by atoms with E-state index in [1.807, 2.05) is 83.1 Å². The van der Waals surface area contributed by atoms with Gasteiger partial charge in [-0.25, -0.2) is 4.79 Å². The van der Waals surface area contributed by atoms with Crippen LogP contribution >= 0.6 is 0 Å². The van der Waals surface area contributed by atoms with Crippen LogP contribution in [0.15, 0.2) is 0 Å². The van der Waals surface area contributed by atoms with Gasteiger partial charge in [0.15, 0.2) is 6.61 Å². The molecule has 15 heteroatoms. The molecule has 2 heterocycles. The van der Waals surface area contributed by atoms with Crippen LogP contribution in [0.4, 0.5) is 0 Å². The molecule has 15 nitrogen and oxygen atoms in total. The van der Waals surface area contributed by atoms with Crippen LogP contribution in [0, 0.1) is 86.3 Å². The highest BCUT2D eigenvalue weighted by atomic mass is 16.6. The Morgan fingerprint density at radius 2 is 0.989 bits per heavy atom. The highest BCUT2D eigenvalue weighted by Gasteiger charge is 2.62. The standard InChI is InChI=1S/C19H32O2.C18H26O6.C16H26O3.C13H24O2.C10H20O2/c1-6-18(4,5)17(20)21-19(12(2)3)15-8-13-7-14(10-15)11-16(19)9-13;1-4-18(2,3)17(21)22-9-14(19)24-15-11-5-10-6-12(8-11)16(20)23-13(15)7-10;1-4-14(2,3)13(17)19-16-8-11-5-12(9-16)7-15(18,6-11)10-16;1-5-12(3,4)11(14)15-13(6-2)9-7-8-10-13;1-5-7-8-12-9(11)10(3,4)6-2/h12-16H,6-11H2,1-5H3;10-13,15H,4-9H2,1-3H3;11-12,18H,4-10H2,1-3H3;5-10H2,1-4H3;5-8H2,1-4H3. The molecule has 13 fully saturated rings. The van der Waals surface area contributed by atoms with E-state index in [0.717, 1.165) is 121 Å². The van der Waals surface area contributed by atoms with Gasteiger partial charge in [0, 0.05) is 12.3 Å². The molecule has 13 rings (SSSR count). The van der Waals surface area contributed by atoms with Gasteiger partial charge in [-0.2, -0.15) is 0 Å². The number of fused-ring (bicyclic) bond motifs is 1. The second-order valence-electron chi connectivity index (χ2n) is 34.0. The van der Waals surface area contributed by atoms with Crippen molar-refractivity contribution in [3.63, 3.8) is 0 Å². The smallest absolute Gasteiger partial charge is 0.344 e. The minimum Gasteiger partial charge on any atom is -0.465 e.